The topological polar surface area (TPSA) is 88.9 Å². The summed E-state index contributed by atoms with van der Waals surface area (Å²) in [6, 6.07) is 33.9. The van der Waals surface area contributed by atoms with Crippen LogP contribution in [-0.2, 0) is 22.7 Å². The van der Waals surface area contributed by atoms with Crippen LogP contribution in [0.3, 0.4) is 0 Å². The molecule has 0 saturated carbocycles. The molecule has 8 heteroatoms. The van der Waals surface area contributed by atoms with E-state index in [1.165, 1.54) is 18.9 Å². The minimum atomic E-state index is -0.704. The third-order valence-electron chi connectivity index (χ3n) is 6.36. The highest BCUT2D eigenvalue weighted by Crippen LogP contribution is 2.30. The number of rotatable bonds is 10. The second-order valence-electron chi connectivity index (χ2n) is 9.03. The van der Waals surface area contributed by atoms with Crippen LogP contribution in [-0.4, -0.2) is 35.9 Å². The summed E-state index contributed by atoms with van der Waals surface area (Å²) in [6.45, 7) is 0.867. The van der Waals surface area contributed by atoms with Gasteiger partial charge in [-0.15, -0.1) is 0 Å². The fourth-order valence-electron chi connectivity index (χ4n) is 4.26. The van der Waals surface area contributed by atoms with E-state index in [2.05, 4.69) is 5.10 Å². The van der Waals surface area contributed by atoms with Gasteiger partial charge < -0.3 is 18.9 Å². The van der Waals surface area contributed by atoms with Crippen molar-refractivity contribution in [2.45, 2.75) is 13.2 Å². The number of aromatic nitrogens is 2. The van der Waals surface area contributed by atoms with Gasteiger partial charge in [-0.3, -0.25) is 0 Å². The van der Waals surface area contributed by atoms with Crippen molar-refractivity contribution in [2.24, 2.45) is 0 Å². The van der Waals surface area contributed by atoms with Crippen LogP contribution in [0.2, 0.25) is 0 Å². The van der Waals surface area contributed by atoms with Crippen LogP contribution in [0.1, 0.15) is 32.0 Å². The zero-order valence-electron chi connectivity index (χ0n) is 22.7. The normalized spacial score (nSPS) is 10.6. The molecule has 0 aliphatic heterocycles. The molecule has 8 nitrogen and oxygen atoms in total. The molecule has 0 saturated heterocycles. The van der Waals surface area contributed by atoms with E-state index in [1.807, 2.05) is 72.8 Å². The Morgan fingerprint density at radius 2 is 1.15 bits per heavy atom. The van der Waals surface area contributed by atoms with Gasteiger partial charge in [0.15, 0.2) is 5.69 Å². The minimum Gasteiger partial charge on any atom is -0.489 e. The summed E-state index contributed by atoms with van der Waals surface area (Å²) in [4.78, 5) is 25.6. The lowest BCUT2D eigenvalue weighted by Gasteiger charge is -2.09. The standard InChI is InChI=1S/C33H28N2O6/c1-38-32(36)29-30(34-35(31(29)33(37)39-2)26-11-7-4-8-12-26)25-15-19-28(20-16-25)41-22-24-13-17-27(18-14-24)40-21-23-9-5-3-6-10-23/h3-20H,21-22H2,1-2H3. The molecule has 0 N–H and O–H groups in total. The number of carbonyl (C=O) groups is 2. The summed E-state index contributed by atoms with van der Waals surface area (Å²) in [5.74, 6) is 0.0154. The zero-order chi connectivity index (χ0) is 28.6. The molecule has 5 rings (SSSR count). The van der Waals surface area contributed by atoms with Crippen molar-refractivity contribution >= 4 is 11.9 Å². The van der Waals surface area contributed by atoms with Crippen LogP contribution in [0.15, 0.2) is 109 Å². The van der Waals surface area contributed by atoms with E-state index in [0.717, 1.165) is 16.9 Å². The molecule has 0 spiro atoms. The SMILES string of the molecule is COC(=O)c1c(-c2ccc(OCc3ccc(OCc4ccccc4)cc3)cc2)nn(-c2ccccc2)c1C(=O)OC. The molecular weight excluding hydrogens is 520 g/mol. The first-order valence-corrected chi connectivity index (χ1v) is 12.9. The molecule has 41 heavy (non-hydrogen) atoms. The Balaban J connectivity index is 1.32. The number of para-hydroxylation sites is 1. The smallest absolute Gasteiger partial charge is 0.357 e. The van der Waals surface area contributed by atoms with Gasteiger partial charge in [0, 0.05) is 5.56 Å². The number of nitrogens with zero attached hydrogens (tertiary/aromatic N) is 2. The molecule has 0 radical (unpaired) electrons. The minimum absolute atomic E-state index is 0.0166. The highest BCUT2D eigenvalue weighted by molar-refractivity contribution is 6.06. The van der Waals surface area contributed by atoms with Crippen LogP contribution in [0.25, 0.3) is 16.9 Å². The number of benzene rings is 4. The summed E-state index contributed by atoms with van der Waals surface area (Å²) in [6.07, 6.45) is 0. The lowest BCUT2D eigenvalue weighted by Crippen LogP contribution is -2.15. The molecule has 1 heterocycles. The van der Waals surface area contributed by atoms with Crippen molar-refractivity contribution in [1.82, 2.24) is 9.78 Å². The fraction of sp³-hybridized carbons (Fsp3) is 0.121. The number of carbonyl (C=O) groups excluding carboxylic acids is 2. The van der Waals surface area contributed by atoms with Crippen LogP contribution >= 0.6 is 0 Å². The molecule has 0 aliphatic rings. The van der Waals surface area contributed by atoms with Crippen molar-refractivity contribution in [3.05, 3.63) is 132 Å². The maximum Gasteiger partial charge on any atom is 0.357 e. The molecule has 0 fully saturated rings. The average molecular weight is 549 g/mol. The molecule has 1 aromatic heterocycles. The predicted molar refractivity (Wildman–Crippen MR) is 153 cm³/mol. The van der Waals surface area contributed by atoms with Crippen molar-refractivity contribution < 1.29 is 28.5 Å². The maximum atomic E-state index is 12.8. The van der Waals surface area contributed by atoms with E-state index < -0.39 is 11.9 Å². The predicted octanol–water partition coefficient (Wildman–Crippen LogP) is 6.27. The molecule has 5 aromatic rings. The Kier molecular flexibility index (Phi) is 8.40. The average Bonchev–Trinajstić information content (AvgIpc) is 3.44. The quantitative estimate of drug-likeness (QED) is 0.190. The van der Waals surface area contributed by atoms with Crippen molar-refractivity contribution in [1.29, 1.82) is 0 Å². The molecule has 4 aromatic carbocycles. The number of hydrogen-bond donors (Lipinski definition) is 0. The van der Waals surface area contributed by atoms with Gasteiger partial charge in [-0.05, 0) is 59.7 Å². The van der Waals surface area contributed by atoms with Gasteiger partial charge in [-0.1, -0.05) is 60.7 Å². The summed E-state index contributed by atoms with van der Waals surface area (Å²) in [5.41, 5.74) is 3.59. The van der Waals surface area contributed by atoms with Gasteiger partial charge in [-0.2, -0.15) is 5.10 Å². The van der Waals surface area contributed by atoms with Crippen LogP contribution in [0.5, 0.6) is 11.5 Å². The largest absolute Gasteiger partial charge is 0.489 e. The zero-order valence-corrected chi connectivity index (χ0v) is 22.7. The summed E-state index contributed by atoms with van der Waals surface area (Å²) < 4.78 is 23.2. The maximum absolute atomic E-state index is 12.8. The van der Waals surface area contributed by atoms with Gasteiger partial charge in [0.1, 0.15) is 36.0 Å². The highest BCUT2D eigenvalue weighted by atomic mass is 16.5. The number of ether oxygens (including phenoxy) is 4. The first-order valence-electron chi connectivity index (χ1n) is 12.9. The molecule has 0 atom stereocenters. The van der Waals surface area contributed by atoms with E-state index in [-0.39, 0.29) is 11.3 Å². The van der Waals surface area contributed by atoms with Crippen LogP contribution in [0, 0.1) is 0 Å². The van der Waals surface area contributed by atoms with Crippen molar-refractivity contribution in [2.75, 3.05) is 14.2 Å². The highest BCUT2D eigenvalue weighted by Gasteiger charge is 2.31. The Morgan fingerprint density at radius 3 is 1.71 bits per heavy atom. The van der Waals surface area contributed by atoms with Crippen LogP contribution in [0.4, 0.5) is 0 Å². The fourth-order valence-corrected chi connectivity index (χ4v) is 4.26. The monoisotopic (exact) mass is 548 g/mol. The molecule has 0 amide bonds. The van der Waals surface area contributed by atoms with E-state index in [9.17, 15) is 9.59 Å². The Bertz CT molecular complexity index is 1610. The van der Waals surface area contributed by atoms with E-state index >= 15 is 0 Å². The van der Waals surface area contributed by atoms with E-state index in [1.54, 1.807) is 36.4 Å². The third kappa shape index (κ3) is 6.28. The molecule has 0 bridgehead atoms. The summed E-state index contributed by atoms with van der Waals surface area (Å²) in [7, 11) is 2.51. The molecule has 206 valence electrons. The van der Waals surface area contributed by atoms with Crippen molar-refractivity contribution in [3.8, 4) is 28.4 Å². The first kappa shape index (κ1) is 27.2. The number of esters is 2. The van der Waals surface area contributed by atoms with E-state index in [0.29, 0.717) is 35.9 Å². The summed E-state index contributed by atoms with van der Waals surface area (Å²) in [5, 5.41) is 4.62. The second kappa shape index (κ2) is 12.7. The molecule has 0 unspecified atom stereocenters. The van der Waals surface area contributed by atoms with E-state index in [4.69, 9.17) is 18.9 Å². The number of hydrogen-bond acceptors (Lipinski definition) is 7. The third-order valence-corrected chi connectivity index (χ3v) is 6.36. The lowest BCUT2D eigenvalue weighted by atomic mass is 10.1. The Labute approximate surface area is 237 Å². The van der Waals surface area contributed by atoms with Gasteiger partial charge in [0.2, 0.25) is 0 Å². The van der Waals surface area contributed by atoms with Gasteiger partial charge in [0.25, 0.3) is 0 Å². The van der Waals surface area contributed by atoms with Crippen LogP contribution < -0.4 is 9.47 Å². The summed E-state index contributed by atoms with van der Waals surface area (Å²) >= 11 is 0. The van der Waals surface area contributed by atoms with Gasteiger partial charge in [-0.25, -0.2) is 14.3 Å². The first-order chi connectivity index (χ1) is 20.1. The van der Waals surface area contributed by atoms with Gasteiger partial charge >= 0.3 is 11.9 Å². The Hall–Kier alpha value is -5.37. The number of methoxy groups -OCH3 is 2. The lowest BCUT2D eigenvalue weighted by molar-refractivity contribution is 0.0549. The molecular formula is C33H28N2O6. The Morgan fingerprint density at radius 1 is 0.634 bits per heavy atom. The van der Waals surface area contributed by atoms with Gasteiger partial charge in [0.05, 0.1) is 19.9 Å². The second-order valence-corrected chi connectivity index (χ2v) is 9.03. The molecule has 0 aliphatic carbocycles. The van der Waals surface area contributed by atoms with Crippen molar-refractivity contribution in [3.63, 3.8) is 0 Å².